The monoisotopic (exact) mass is 297 g/mol. The van der Waals surface area contributed by atoms with E-state index < -0.39 is 0 Å². The summed E-state index contributed by atoms with van der Waals surface area (Å²) in [6.45, 7) is 1.32. The van der Waals surface area contributed by atoms with Crippen LogP contribution in [0.25, 0.3) is 0 Å². The molecule has 0 saturated carbocycles. The number of rotatable bonds is 8. The molecule has 22 heavy (non-hydrogen) atoms. The van der Waals surface area contributed by atoms with Crippen molar-refractivity contribution in [3.05, 3.63) is 54.1 Å². The third kappa shape index (κ3) is 5.04. The summed E-state index contributed by atoms with van der Waals surface area (Å²) in [5.41, 5.74) is 2.15. The molecule has 0 aliphatic heterocycles. The smallest absolute Gasteiger partial charge is 0.148 e. The molecule has 0 amide bonds. The van der Waals surface area contributed by atoms with Crippen LogP contribution in [-0.4, -0.2) is 24.9 Å². The van der Waals surface area contributed by atoms with Crippen molar-refractivity contribution in [2.75, 3.05) is 25.1 Å². The van der Waals surface area contributed by atoms with Crippen molar-refractivity contribution in [2.24, 2.45) is 0 Å². The van der Waals surface area contributed by atoms with E-state index in [1.165, 1.54) is 0 Å². The van der Waals surface area contributed by atoms with Crippen molar-refractivity contribution in [1.29, 1.82) is 0 Å². The maximum Gasteiger partial charge on any atom is 0.148 e. The minimum atomic E-state index is 0.0149. The SMILES string of the molecule is C#CCOc1ccc(CNc2ccc(OCCO)cc2)cc1. The summed E-state index contributed by atoms with van der Waals surface area (Å²) < 4.78 is 10.6. The molecule has 0 fully saturated rings. The molecule has 4 nitrogen and oxygen atoms in total. The zero-order valence-electron chi connectivity index (χ0n) is 12.3. The molecule has 0 aromatic heterocycles. The van der Waals surface area contributed by atoms with E-state index in [9.17, 15) is 0 Å². The van der Waals surface area contributed by atoms with Crippen LogP contribution in [0.1, 0.15) is 5.56 Å². The first-order valence-electron chi connectivity index (χ1n) is 7.04. The van der Waals surface area contributed by atoms with Gasteiger partial charge in [0.25, 0.3) is 0 Å². The van der Waals surface area contributed by atoms with Crippen LogP contribution < -0.4 is 14.8 Å². The van der Waals surface area contributed by atoms with E-state index in [0.29, 0.717) is 13.2 Å². The lowest BCUT2D eigenvalue weighted by Gasteiger charge is -2.09. The van der Waals surface area contributed by atoms with Crippen LogP contribution in [-0.2, 0) is 6.54 Å². The van der Waals surface area contributed by atoms with Gasteiger partial charge in [-0.2, -0.15) is 0 Å². The predicted molar refractivity (Wildman–Crippen MR) is 87.1 cm³/mol. The number of terminal acetylenes is 1. The standard InChI is InChI=1S/C18H19NO3/c1-2-12-21-17-7-3-15(4-8-17)14-19-16-5-9-18(10-6-16)22-13-11-20/h1,3-10,19-20H,11-14H2. The number of aliphatic hydroxyl groups is 1. The van der Waals surface area contributed by atoms with Gasteiger partial charge in [0.15, 0.2) is 0 Å². The third-order valence-electron chi connectivity index (χ3n) is 2.96. The highest BCUT2D eigenvalue weighted by molar-refractivity contribution is 5.47. The van der Waals surface area contributed by atoms with E-state index >= 15 is 0 Å². The molecule has 0 spiro atoms. The minimum Gasteiger partial charge on any atom is -0.491 e. The maximum atomic E-state index is 8.70. The van der Waals surface area contributed by atoms with E-state index in [4.69, 9.17) is 21.0 Å². The van der Waals surface area contributed by atoms with Gasteiger partial charge in [0.05, 0.1) is 6.61 Å². The molecule has 0 radical (unpaired) electrons. The highest BCUT2D eigenvalue weighted by Crippen LogP contribution is 2.17. The first kappa shape index (κ1) is 15.7. The van der Waals surface area contributed by atoms with Gasteiger partial charge in [-0.05, 0) is 42.0 Å². The van der Waals surface area contributed by atoms with E-state index in [1.54, 1.807) is 0 Å². The molecule has 0 atom stereocenters. The third-order valence-corrected chi connectivity index (χ3v) is 2.96. The molecule has 114 valence electrons. The van der Waals surface area contributed by atoms with Gasteiger partial charge in [-0.3, -0.25) is 0 Å². The highest BCUT2D eigenvalue weighted by Gasteiger charge is 1.98. The van der Waals surface area contributed by atoms with E-state index in [0.717, 1.165) is 22.7 Å². The molecule has 0 unspecified atom stereocenters. The lowest BCUT2D eigenvalue weighted by atomic mass is 10.2. The molecule has 4 heteroatoms. The molecule has 0 bridgehead atoms. The molecule has 2 aromatic carbocycles. The fourth-order valence-corrected chi connectivity index (χ4v) is 1.87. The average molecular weight is 297 g/mol. The van der Waals surface area contributed by atoms with Crippen LogP contribution in [0.15, 0.2) is 48.5 Å². The molecule has 0 aliphatic rings. The first-order valence-corrected chi connectivity index (χ1v) is 7.04. The number of aliphatic hydroxyl groups excluding tert-OH is 1. The van der Waals surface area contributed by atoms with Crippen LogP contribution in [0.5, 0.6) is 11.5 Å². The number of ether oxygens (including phenoxy) is 2. The van der Waals surface area contributed by atoms with Crippen LogP contribution in [0, 0.1) is 12.3 Å². The normalized spacial score (nSPS) is 9.82. The molecule has 2 N–H and O–H groups in total. The van der Waals surface area contributed by atoms with Gasteiger partial charge < -0.3 is 19.9 Å². The molecule has 0 aliphatic carbocycles. The van der Waals surface area contributed by atoms with Crippen LogP contribution in [0.4, 0.5) is 5.69 Å². The van der Waals surface area contributed by atoms with Crippen molar-refractivity contribution >= 4 is 5.69 Å². The van der Waals surface area contributed by atoms with Gasteiger partial charge >= 0.3 is 0 Å². The molecular weight excluding hydrogens is 278 g/mol. The Balaban J connectivity index is 1.83. The second kappa shape index (κ2) is 8.60. The minimum absolute atomic E-state index is 0.0149. The van der Waals surface area contributed by atoms with Gasteiger partial charge in [0.2, 0.25) is 0 Å². The lowest BCUT2D eigenvalue weighted by molar-refractivity contribution is 0.201. The first-order chi connectivity index (χ1) is 10.8. The van der Waals surface area contributed by atoms with Crippen molar-refractivity contribution in [3.8, 4) is 23.8 Å². The quantitative estimate of drug-likeness (QED) is 0.736. The fraction of sp³-hybridized carbons (Fsp3) is 0.222. The van der Waals surface area contributed by atoms with Crippen LogP contribution >= 0.6 is 0 Å². The van der Waals surface area contributed by atoms with Gasteiger partial charge in [-0.15, -0.1) is 6.42 Å². The zero-order chi connectivity index (χ0) is 15.6. The molecule has 0 saturated heterocycles. The van der Waals surface area contributed by atoms with Crippen molar-refractivity contribution in [2.45, 2.75) is 6.54 Å². The summed E-state index contributed by atoms with van der Waals surface area (Å²) in [6.07, 6.45) is 5.15. The largest absolute Gasteiger partial charge is 0.491 e. The average Bonchev–Trinajstić information content (AvgIpc) is 2.58. The molecular formula is C18H19NO3. The van der Waals surface area contributed by atoms with E-state index in [-0.39, 0.29) is 13.2 Å². The Morgan fingerprint density at radius 2 is 1.59 bits per heavy atom. The van der Waals surface area contributed by atoms with Crippen LogP contribution in [0.3, 0.4) is 0 Å². The van der Waals surface area contributed by atoms with Gasteiger partial charge in [0.1, 0.15) is 24.7 Å². The van der Waals surface area contributed by atoms with Gasteiger partial charge in [-0.25, -0.2) is 0 Å². The highest BCUT2D eigenvalue weighted by atomic mass is 16.5. The molecule has 2 aromatic rings. The Morgan fingerprint density at radius 1 is 0.955 bits per heavy atom. The number of benzene rings is 2. The van der Waals surface area contributed by atoms with E-state index in [1.807, 2.05) is 48.5 Å². The number of hydrogen-bond acceptors (Lipinski definition) is 4. The predicted octanol–water partition coefficient (Wildman–Crippen LogP) is 2.68. The second-order valence-corrected chi connectivity index (χ2v) is 4.59. The number of anilines is 1. The van der Waals surface area contributed by atoms with Crippen molar-refractivity contribution < 1.29 is 14.6 Å². The Bertz CT molecular complexity index is 600. The Morgan fingerprint density at radius 3 is 2.23 bits per heavy atom. The number of hydrogen-bond donors (Lipinski definition) is 2. The van der Waals surface area contributed by atoms with Crippen molar-refractivity contribution in [3.63, 3.8) is 0 Å². The molecule has 0 heterocycles. The van der Waals surface area contributed by atoms with Crippen molar-refractivity contribution in [1.82, 2.24) is 0 Å². The van der Waals surface area contributed by atoms with Gasteiger partial charge in [0, 0.05) is 12.2 Å². The Labute approximate surface area is 130 Å². The summed E-state index contributed by atoms with van der Waals surface area (Å²) in [6, 6.07) is 15.4. The van der Waals surface area contributed by atoms with Crippen LogP contribution in [0.2, 0.25) is 0 Å². The summed E-state index contributed by atoms with van der Waals surface area (Å²) in [5, 5.41) is 12.0. The summed E-state index contributed by atoms with van der Waals surface area (Å²) in [7, 11) is 0. The second-order valence-electron chi connectivity index (χ2n) is 4.59. The summed E-state index contributed by atoms with van der Waals surface area (Å²) in [5.74, 6) is 3.95. The molecule has 2 rings (SSSR count). The zero-order valence-corrected chi connectivity index (χ0v) is 12.3. The summed E-state index contributed by atoms with van der Waals surface area (Å²) in [4.78, 5) is 0. The summed E-state index contributed by atoms with van der Waals surface area (Å²) >= 11 is 0. The number of nitrogens with one attached hydrogen (secondary N) is 1. The Hall–Kier alpha value is -2.64. The Kier molecular flexibility index (Phi) is 6.16. The van der Waals surface area contributed by atoms with E-state index in [2.05, 4.69) is 11.2 Å². The fourth-order valence-electron chi connectivity index (χ4n) is 1.87. The van der Waals surface area contributed by atoms with Gasteiger partial charge in [-0.1, -0.05) is 18.1 Å². The topological polar surface area (TPSA) is 50.7 Å². The lowest BCUT2D eigenvalue weighted by Crippen LogP contribution is -2.02. The maximum absolute atomic E-state index is 8.70.